The first-order chi connectivity index (χ1) is 15.1. The molecule has 3 amide bonds. The van der Waals surface area contributed by atoms with Crippen LogP contribution in [0.15, 0.2) is 18.2 Å². The summed E-state index contributed by atoms with van der Waals surface area (Å²) >= 11 is 0. The number of aliphatic hydroxyl groups excluding tert-OH is 2. The molecular formula is C24H39N3O6. The van der Waals surface area contributed by atoms with Gasteiger partial charge in [0.25, 0.3) is 0 Å². The zero-order valence-corrected chi connectivity index (χ0v) is 21.0. The number of benzene rings is 1. The van der Waals surface area contributed by atoms with E-state index in [1.807, 2.05) is 40.7 Å². The summed E-state index contributed by atoms with van der Waals surface area (Å²) < 4.78 is 5.19. The number of aliphatic hydroxyl groups is 2. The third-order valence-electron chi connectivity index (χ3n) is 4.79. The maximum Gasteiger partial charge on any atom is 0.408 e. The summed E-state index contributed by atoms with van der Waals surface area (Å²) in [5.41, 5.74) is 0.969. The van der Waals surface area contributed by atoms with Gasteiger partial charge in [-0.2, -0.15) is 0 Å². The molecular weight excluding hydrogens is 426 g/mol. The monoisotopic (exact) mass is 465 g/mol. The lowest BCUT2D eigenvalue weighted by molar-refractivity contribution is -0.144. The van der Waals surface area contributed by atoms with Crippen molar-refractivity contribution in [2.45, 2.75) is 78.6 Å². The lowest BCUT2D eigenvalue weighted by Gasteiger charge is -2.36. The van der Waals surface area contributed by atoms with Gasteiger partial charge in [0.05, 0.1) is 13.2 Å². The fourth-order valence-corrected chi connectivity index (χ4v) is 3.27. The van der Waals surface area contributed by atoms with Crippen molar-refractivity contribution < 1.29 is 29.3 Å². The van der Waals surface area contributed by atoms with Crippen molar-refractivity contribution in [1.29, 1.82) is 0 Å². The van der Waals surface area contributed by atoms with E-state index < -0.39 is 54.3 Å². The Hall–Kier alpha value is -2.65. The highest BCUT2D eigenvalue weighted by Gasteiger charge is 2.37. The summed E-state index contributed by atoms with van der Waals surface area (Å²) in [6.07, 6.45) is -0.874. The summed E-state index contributed by atoms with van der Waals surface area (Å²) in [5, 5.41) is 24.8. The Bertz CT molecular complexity index is 842. The van der Waals surface area contributed by atoms with Crippen molar-refractivity contribution in [3.8, 4) is 0 Å². The zero-order chi connectivity index (χ0) is 25.6. The number of carbonyl (C=O) groups is 3. The van der Waals surface area contributed by atoms with Crippen LogP contribution in [-0.2, 0) is 14.3 Å². The number of nitrogens with zero attached hydrogens (tertiary/aromatic N) is 1. The molecule has 0 aliphatic carbocycles. The minimum absolute atomic E-state index is 0.180. The molecule has 0 spiro atoms. The van der Waals surface area contributed by atoms with Crippen LogP contribution in [0.2, 0.25) is 0 Å². The number of ether oxygens (including phenoxy) is 1. The average Bonchev–Trinajstić information content (AvgIpc) is 2.65. The summed E-state index contributed by atoms with van der Waals surface area (Å²) in [5.74, 6) is -1.15. The lowest BCUT2D eigenvalue weighted by atomic mass is 9.94. The van der Waals surface area contributed by atoms with E-state index in [1.54, 1.807) is 32.9 Å². The summed E-state index contributed by atoms with van der Waals surface area (Å²) in [4.78, 5) is 40.3. The van der Waals surface area contributed by atoms with Crippen molar-refractivity contribution in [3.63, 3.8) is 0 Å². The molecule has 0 radical (unpaired) electrons. The van der Waals surface area contributed by atoms with Crippen molar-refractivity contribution in [3.05, 3.63) is 34.9 Å². The molecule has 186 valence electrons. The van der Waals surface area contributed by atoms with Crippen LogP contribution in [0.4, 0.5) is 4.79 Å². The van der Waals surface area contributed by atoms with E-state index in [1.165, 1.54) is 4.90 Å². The second-order valence-electron chi connectivity index (χ2n) is 10.1. The second kappa shape index (κ2) is 11.5. The molecule has 0 heterocycles. The first kappa shape index (κ1) is 28.4. The summed E-state index contributed by atoms with van der Waals surface area (Å²) in [7, 11) is 0. The van der Waals surface area contributed by atoms with Gasteiger partial charge < -0.3 is 30.5 Å². The van der Waals surface area contributed by atoms with Crippen LogP contribution >= 0.6 is 0 Å². The molecule has 0 saturated carbocycles. The predicted octanol–water partition coefficient (Wildman–Crippen LogP) is 1.97. The number of aryl methyl sites for hydroxylation is 1. The maximum atomic E-state index is 13.5. The van der Waals surface area contributed by atoms with Crippen molar-refractivity contribution in [2.75, 3.05) is 19.8 Å². The first-order valence-corrected chi connectivity index (χ1v) is 11.0. The Labute approximate surface area is 196 Å². The molecule has 0 aromatic heterocycles. The maximum absolute atomic E-state index is 13.5. The topological polar surface area (TPSA) is 128 Å². The Morgan fingerprint density at radius 3 is 2.15 bits per heavy atom. The van der Waals surface area contributed by atoms with Gasteiger partial charge in [0.1, 0.15) is 17.7 Å². The highest BCUT2D eigenvalue weighted by Crippen LogP contribution is 2.27. The van der Waals surface area contributed by atoms with Gasteiger partial charge in [-0.25, -0.2) is 4.79 Å². The molecule has 9 nitrogen and oxygen atoms in total. The Kier molecular flexibility index (Phi) is 9.87. The van der Waals surface area contributed by atoms with E-state index in [4.69, 9.17) is 4.74 Å². The molecule has 0 fully saturated rings. The number of nitrogens with one attached hydrogen (secondary N) is 2. The van der Waals surface area contributed by atoms with Gasteiger partial charge in [0, 0.05) is 12.1 Å². The highest BCUT2D eigenvalue weighted by molar-refractivity contribution is 5.92. The molecule has 1 rings (SSSR count). The van der Waals surface area contributed by atoms with Gasteiger partial charge in [-0.15, -0.1) is 0 Å². The molecule has 0 bridgehead atoms. The third kappa shape index (κ3) is 8.66. The van der Waals surface area contributed by atoms with Crippen LogP contribution in [0.25, 0.3) is 0 Å². The van der Waals surface area contributed by atoms with E-state index in [9.17, 15) is 24.6 Å². The summed E-state index contributed by atoms with van der Waals surface area (Å²) in [6.45, 7) is 12.9. The quantitative estimate of drug-likeness (QED) is 0.465. The second-order valence-corrected chi connectivity index (χ2v) is 10.1. The molecule has 1 aromatic rings. The van der Waals surface area contributed by atoms with E-state index >= 15 is 0 Å². The standard InChI is InChI=1S/C24H39N3O6/c1-15-10-9-11-17(16(15)2)19(20(30)26-23(3,4)5)27(12-13-28)21(31)18(14-29)25-22(32)33-24(6,7)8/h9-11,18-19,28-29H,12-14H2,1-8H3,(H,25,32)(H,26,30). The van der Waals surface area contributed by atoms with Gasteiger partial charge in [0.2, 0.25) is 11.8 Å². The van der Waals surface area contributed by atoms with Crippen LogP contribution in [0.3, 0.4) is 0 Å². The fourth-order valence-electron chi connectivity index (χ4n) is 3.27. The third-order valence-corrected chi connectivity index (χ3v) is 4.79. The van der Waals surface area contributed by atoms with Crippen molar-refractivity contribution in [2.24, 2.45) is 0 Å². The van der Waals surface area contributed by atoms with Crippen LogP contribution in [0.5, 0.6) is 0 Å². The molecule has 9 heteroatoms. The lowest BCUT2D eigenvalue weighted by Crippen LogP contribution is -2.56. The molecule has 1 aromatic carbocycles. The van der Waals surface area contributed by atoms with Crippen LogP contribution in [0, 0.1) is 13.8 Å². The first-order valence-electron chi connectivity index (χ1n) is 11.0. The number of carbonyl (C=O) groups excluding carboxylic acids is 3. The Morgan fingerprint density at radius 2 is 1.67 bits per heavy atom. The normalized spacial score (nSPS) is 13.6. The molecule has 33 heavy (non-hydrogen) atoms. The molecule has 4 N–H and O–H groups in total. The number of hydrogen-bond acceptors (Lipinski definition) is 6. The van der Waals surface area contributed by atoms with E-state index in [-0.39, 0.29) is 6.54 Å². The van der Waals surface area contributed by atoms with E-state index in [0.29, 0.717) is 5.56 Å². The van der Waals surface area contributed by atoms with Gasteiger partial charge >= 0.3 is 6.09 Å². The fraction of sp³-hybridized carbons (Fsp3) is 0.625. The minimum Gasteiger partial charge on any atom is -0.444 e. The minimum atomic E-state index is -1.36. The average molecular weight is 466 g/mol. The number of hydrogen-bond donors (Lipinski definition) is 4. The van der Waals surface area contributed by atoms with E-state index in [0.717, 1.165) is 11.1 Å². The van der Waals surface area contributed by atoms with Crippen molar-refractivity contribution >= 4 is 17.9 Å². The Morgan fingerprint density at radius 1 is 1.06 bits per heavy atom. The van der Waals surface area contributed by atoms with E-state index in [2.05, 4.69) is 10.6 Å². The van der Waals surface area contributed by atoms with Gasteiger partial charge in [0.15, 0.2) is 0 Å². The van der Waals surface area contributed by atoms with Gasteiger partial charge in [-0.1, -0.05) is 18.2 Å². The molecule has 2 unspecified atom stereocenters. The van der Waals surface area contributed by atoms with Crippen LogP contribution in [0.1, 0.15) is 64.3 Å². The van der Waals surface area contributed by atoms with Crippen molar-refractivity contribution in [1.82, 2.24) is 15.5 Å². The SMILES string of the molecule is Cc1cccc(C(C(=O)NC(C)(C)C)N(CCO)C(=O)C(CO)NC(=O)OC(C)(C)C)c1C. The number of alkyl carbamates (subject to hydrolysis) is 1. The molecule has 2 atom stereocenters. The Balaban J connectivity index is 3.45. The largest absolute Gasteiger partial charge is 0.444 e. The molecule has 0 saturated heterocycles. The summed E-state index contributed by atoms with van der Waals surface area (Å²) in [6, 6.07) is 3.00. The zero-order valence-electron chi connectivity index (χ0n) is 21.0. The molecule has 0 aliphatic heterocycles. The van der Waals surface area contributed by atoms with Crippen LogP contribution < -0.4 is 10.6 Å². The predicted molar refractivity (Wildman–Crippen MR) is 126 cm³/mol. The van der Waals surface area contributed by atoms with Gasteiger partial charge in [-0.05, 0) is 72.1 Å². The number of amides is 3. The highest BCUT2D eigenvalue weighted by atomic mass is 16.6. The number of rotatable bonds is 8. The smallest absolute Gasteiger partial charge is 0.408 e. The van der Waals surface area contributed by atoms with Gasteiger partial charge in [-0.3, -0.25) is 9.59 Å². The molecule has 0 aliphatic rings. The van der Waals surface area contributed by atoms with Crippen LogP contribution in [-0.4, -0.2) is 70.0 Å².